The topological polar surface area (TPSA) is 77.5 Å². The fourth-order valence-corrected chi connectivity index (χ4v) is 3.59. The van der Waals surface area contributed by atoms with Crippen molar-refractivity contribution in [2.24, 2.45) is 0 Å². The highest BCUT2D eigenvalue weighted by atomic mass is 16.6. The van der Waals surface area contributed by atoms with Gasteiger partial charge in [0.1, 0.15) is 5.65 Å². The number of aromatic nitrogens is 2. The molecule has 0 atom stereocenters. The van der Waals surface area contributed by atoms with Crippen LogP contribution in [0.4, 0.5) is 5.69 Å². The second kappa shape index (κ2) is 5.99. The molecular weight excluding hydrogens is 354 g/mol. The number of hydrogen-bond acceptors (Lipinski definition) is 4. The van der Waals surface area contributed by atoms with E-state index >= 15 is 0 Å². The molecule has 6 nitrogen and oxygen atoms in total. The molecule has 5 aromatic rings. The van der Waals surface area contributed by atoms with E-state index in [1.54, 1.807) is 22.6 Å². The molecule has 28 heavy (non-hydrogen) atoms. The fourth-order valence-electron chi connectivity index (χ4n) is 3.59. The van der Waals surface area contributed by atoms with Gasteiger partial charge in [0.05, 0.1) is 21.3 Å². The summed E-state index contributed by atoms with van der Waals surface area (Å²) in [6.07, 6.45) is 1.84. The van der Waals surface area contributed by atoms with Gasteiger partial charge in [0.2, 0.25) is 0 Å². The van der Waals surface area contributed by atoms with Crippen LogP contribution < -0.4 is 10.8 Å². The van der Waals surface area contributed by atoms with Crippen LogP contribution in [-0.2, 0) is 0 Å². The van der Waals surface area contributed by atoms with Crippen molar-refractivity contribution in [3.8, 4) is 0 Å². The van der Waals surface area contributed by atoms with Crippen LogP contribution in [0.1, 0.15) is 5.56 Å². The lowest BCUT2D eigenvalue weighted by Crippen LogP contribution is -2.16. The van der Waals surface area contributed by atoms with Crippen molar-refractivity contribution in [2.45, 2.75) is 0 Å². The molecule has 2 heterocycles. The summed E-state index contributed by atoms with van der Waals surface area (Å²) in [5, 5.41) is 13.3. The van der Waals surface area contributed by atoms with E-state index in [1.165, 1.54) is 12.1 Å². The first-order chi connectivity index (χ1) is 13.6. The van der Waals surface area contributed by atoms with E-state index in [0.717, 1.165) is 16.1 Å². The maximum Gasteiger partial charge on any atom is 0.270 e. The summed E-state index contributed by atoms with van der Waals surface area (Å²) in [5.74, 6) is 0. The number of fused-ring (bicyclic) bond motifs is 4. The molecule has 0 N–H and O–H groups in total. The highest BCUT2D eigenvalue weighted by molar-refractivity contribution is 5.91. The Labute approximate surface area is 158 Å². The molecule has 0 spiro atoms. The van der Waals surface area contributed by atoms with Crippen molar-refractivity contribution in [2.75, 3.05) is 0 Å². The number of nitrogens with zero attached hydrogens (tertiary/aromatic N) is 3. The van der Waals surface area contributed by atoms with Crippen LogP contribution in [0.3, 0.4) is 0 Å². The van der Waals surface area contributed by atoms with E-state index in [4.69, 9.17) is 4.98 Å². The normalized spacial score (nSPS) is 12.2. The van der Waals surface area contributed by atoms with E-state index in [9.17, 15) is 14.9 Å². The molecule has 0 bridgehead atoms. The molecule has 0 amide bonds. The Hall–Kier alpha value is -4.06. The van der Waals surface area contributed by atoms with Crippen molar-refractivity contribution < 1.29 is 4.92 Å². The van der Waals surface area contributed by atoms with E-state index < -0.39 is 4.92 Å². The molecule has 134 valence electrons. The van der Waals surface area contributed by atoms with Crippen LogP contribution in [0.25, 0.3) is 33.5 Å². The molecule has 6 heteroatoms. The van der Waals surface area contributed by atoms with Crippen molar-refractivity contribution in [3.63, 3.8) is 0 Å². The lowest BCUT2D eigenvalue weighted by atomic mass is 10.1. The van der Waals surface area contributed by atoms with Gasteiger partial charge in [-0.25, -0.2) is 4.98 Å². The number of nitro groups is 1. The number of hydrogen-bond donors (Lipinski definition) is 0. The molecule has 0 saturated carbocycles. The first-order valence-corrected chi connectivity index (χ1v) is 8.71. The van der Waals surface area contributed by atoms with Gasteiger partial charge in [-0.15, -0.1) is 0 Å². The minimum Gasteiger partial charge on any atom is -0.268 e. The molecule has 0 saturated heterocycles. The average Bonchev–Trinajstić information content (AvgIpc) is 3.02. The summed E-state index contributed by atoms with van der Waals surface area (Å²) in [5.41, 5.74) is 2.49. The van der Waals surface area contributed by atoms with E-state index in [2.05, 4.69) is 0 Å². The zero-order valence-electron chi connectivity index (χ0n) is 14.6. The number of rotatable bonds is 2. The molecular formula is C22H13N3O3. The second-order valence-corrected chi connectivity index (χ2v) is 6.52. The van der Waals surface area contributed by atoms with Gasteiger partial charge in [-0.05, 0) is 29.8 Å². The summed E-state index contributed by atoms with van der Waals surface area (Å²) < 4.78 is 1.61. The highest BCUT2D eigenvalue weighted by Crippen LogP contribution is 2.18. The number of nitro benzene ring substituents is 1. The molecule has 0 aliphatic heterocycles. The summed E-state index contributed by atoms with van der Waals surface area (Å²) >= 11 is 0. The zero-order valence-corrected chi connectivity index (χ0v) is 14.6. The van der Waals surface area contributed by atoms with E-state index in [1.807, 2.05) is 48.5 Å². The van der Waals surface area contributed by atoms with Gasteiger partial charge in [-0.3, -0.25) is 19.3 Å². The smallest absolute Gasteiger partial charge is 0.268 e. The van der Waals surface area contributed by atoms with Crippen LogP contribution in [0.2, 0.25) is 0 Å². The van der Waals surface area contributed by atoms with E-state index in [-0.39, 0.29) is 11.2 Å². The van der Waals surface area contributed by atoms with Gasteiger partial charge in [-0.2, -0.15) is 0 Å². The Balaban J connectivity index is 1.97. The average molecular weight is 367 g/mol. The Morgan fingerprint density at radius 3 is 2.50 bits per heavy atom. The maximum atomic E-state index is 13.1. The van der Waals surface area contributed by atoms with Crippen molar-refractivity contribution in [3.05, 3.63) is 104 Å². The van der Waals surface area contributed by atoms with Crippen LogP contribution in [0.5, 0.6) is 0 Å². The third kappa shape index (κ3) is 2.35. The first kappa shape index (κ1) is 16.1. The van der Waals surface area contributed by atoms with Crippen LogP contribution in [0, 0.1) is 10.1 Å². The van der Waals surface area contributed by atoms with Gasteiger partial charge in [-0.1, -0.05) is 42.5 Å². The predicted molar refractivity (Wildman–Crippen MR) is 108 cm³/mol. The molecule has 2 aromatic heterocycles. The third-order valence-electron chi connectivity index (χ3n) is 4.84. The Morgan fingerprint density at radius 2 is 1.68 bits per heavy atom. The fraction of sp³-hybridized carbons (Fsp3) is 0. The molecule has 0 fully saturated rings. The molecule has 0 aliphatic carbocycles. The lowest BCUT2D eigenvalue weighted by molar-refractivity contribution is -0.384. The first-order valence-electron chi connectivity index (χ1n) is 8.71. The van der Waals surface area contributed by atoms with Gasteiger partial charge in [0.15, 0.2) is 0 Å². The maximum absolute atomic E-state index is 13.1. The van der Waals surface area contributed by atoms with Gasteiger partial charge in [0, 0.05) is 22.7 Å². The van der Waals surface area contributed by atoms with Gasteiger partial charge in [0.25, 0.3) is 11.2 Å². The Morgan fingerprint density at radius 1 is 0.929 bits per heavy atom. The standard InChI is InChI=1S/C22H13N3O3/c26-22-17-9-1-3-10-19(17)23-21-18(16-8-2-4-11-20(16)24(21)22)13-14-6-5-7-15(12-14)25(27)28/h1-13H/b18-13-. The van der Waals surface area contributed by atoms with Crippen LogP contribution in [0.15, 0.2) is 77.6 Å². The second-order valence-electron chi connectivity index (χ2n) is 6.52. The van der Waals surface area contributed by atoms with Crippen molar-refractivity contribution >= 4 is 39.2 Å². The highest BCUT2D eigenvalue weighted by Gasteiger charge is 2.13. The van der Waals surface area contributed by atoms with Gasteiger partial charge >= 0.3 is 0 Å². The molecule has 0 radical (unpaired) electrons. The number of benzene rings is 3. The quantitative estimate of drug-likeness (QED) is 0.354. The molecule has 3 aromatic carbocycles. The number of non-ortho nitro benzene ring substituents is 1. The summed E-state index contributed by atoms with van der Waals surface area (Å²) in [6.45, 7) is 0. The molecule has 0 aliphatic rings. The van der Waals surface area contributed by atoms with E-state index in [0.29, 0.717) is 22.1 Å². The van der Waals surface area contributed by atoms with Gasteiger partial charge < -0.3 is 0 Å². The summed E-state index contributed by atoms with van der Waals surface area (Å²) in [7, 11) is 0. The van der Waals surface area contributed by atoms with Crippen molar-refractivity contribution in [1.82, 2.24) is 9.38 Å². The van der Waals surface area contributed by atoms with Crippen molar-refractivity contribution in [1.29, 1.82) is 0 Å². The predicted octanol–water partition coefficient (Wildman–Crippen LogP) is 3.46. The third-order valence-corrected chi connectivity index (χ3v) is 4.84. The summed E-state index contributed by atoms with van der Waals surface area (Å²) in [4.78, 5) is 28.5. The number of para-hydroxylation sites is 2. The summed E-state index contributed by atoms with van der Waals surface area (Å²) in [6, 6.07) is 21.2. The lowest BCUT2D eigenvalue weighted by Gasteiger charge is -1.99. The molecule has 5 rings (SSSR count). The SMILES string of the molecule is O=c1c2ccccc2nc2/c(=C\c3cccc([N+](=O)[O-])c3)c3ccccc3n12. The Bertz CT molecular complexity index is 1520. The largest absolute Gasteiger partial charge is 0.270 e. The van der Waals surface area contributed by atoms with Crippen LogP contribution in [-0.4, -0.2) is 14.3 Å². The Kier molecular flexibility index (Phi) is 3.45. The zero-order chi connectivity index (χ0) is 19.3. The monoisotopic (exact) mass is 367 g/mol. The minimum atomic E-state index is -0.422. The van der Waals surface area contributed by atoms with Crippen LogP contribution >= 0.6 is 0 Å². The molecule has 0 unspecified atom stereocenters. The minimum absolute atomic E-state index is 0.0180.